The van der Waals surface area contributed by atoms with Gasteiger partial charge in [0.2, 0.25) is 0 Å². The third-order valence-electron chi connectivity index (χ3n) is 5.57. The van der Waals surface area contributed by atoms with Crippen molar-refractivity contribution in [2.75, 3.05) is 12.8 Å². The molecule has 0 saturated heterocycles. The van der Waals surface area contributed by atoms with E-state index in [1.165, 1.54) is 11.1 Å². The Hall–Kier alpha value is -1.42. The summed E-state index contributed by atoms with van der Waals surface area (Å²) < 4.78 is 14.3. The Balaban J connectivity index is 0.00000320. The van der Waals surface area contributed by atoms with Crippen molar-refractivity contribution in [2.24, 2.45) is 4.99 Å². The molecule has 166 valence electrons. The highest BCUT2D eigenvalue weighted by Crippen LogP contribution is 2.23. The van der Waals surface area contributed by atoms with Crippen LogP contribution in [0.15, 0.2) is 41.7 Å². The number of imidazole rings is 1. The van der Waals surface area contributed by atoms with Gasteiger partial charge < -0.3 is 15.2 Å². The van der Waals surface area contributed by atoms with Gasteiger partial charge in [0.1, 0.15) is 5.82 Å². The highest BCUT2D eigenvalue weighted by molar-refractivity contribution is 14.0. The van der Waals surface area contributed by atoms with E-state index in [9.17, 15) is 4.21 Å². The summed E-state index contributed by atoms with van der Waals surface area (Å²) in [4.78, 5) is 8.68. The molecule has 1 saturated carbocycles. The van der Waals surface area contributed by atoms with Gasteiger partial charge >= 0.3 is 0 Å². The fourth-order valence-electron chi connectivity index (χ4n) is 3.93. The van der Waals surface area contributed by atoms with Gasteiger partial charge in [-0.3, -0.25) is 9.20 Å². The molecule has 0 bridgehead atoms. The van der Waals surface area contributed by atoms with Gasteiger partial charge in [0, 0.05) is 60.4 Å². The summed E-state index contributed by atoms with van der Waals surface area (Å²) in [6.07, 6.45) is 8.12. The zero-order valence-electron chi connectivity index (χ0n) is 18.1. The lowest BCUT2D eigenvalue weighted by Crippen LogP contribution is -2.46. The second kappa shape index (κ2) is 12.4. The van der Waals surface area contributed by atoms with Crippen LogP contribution in [0, 0.1) is 6.92 Å². The van der Waals surface area contributed by atoms with Gasteiger partial charge in [-0.05, 0) is 37.3 Å². The fraction of sp³-hybridized carbons (Fsp3) is 0.545. The number of hydrogen-bond acceptors (Lipinski definition) is 3. The van der Waals surface area contributed by atoms with Crippen molar-refractivity contribution in [1.29, 1.82) is 0 Å². The van der Waals surface area contributed by atoms with Crippen LogP contribution in [0.25, 0.3) is 0 Å². The topological polar surface area (TPSA) is 71.3 Å². The Labute approximate surface area is 199 Å². The molecule has 1 aromatic carbocycles. The minimum atomic E-state index is -0.709. The number of aryl methyl sites for hydroxylation is 1. The summed E-state index contributed by atoms with van der Waals surface area (Å²) in [7, 11) is 1.09. The summed E-state index contributed by atoms with van der Waals surface area (Å²) in [6, 6.07) is 8.94. The van der Waals surface area contributed by atoms with E-state index in [1.54, 1.807) is 7.05 Å². The number of halogens is 1. The predicted molar refractivity (Wildman–Crippen MR) is 136 cm³/mol. The first-order valence-corrected chi connectivity index (χ1v) is 11.9. The van der Waals surface area contributed by atoms with Crippen LogP contribution in [0.4, 0.5) is 0 Å². The molecule has 3 atom stereocenters. The molecule has 0 spiro atoms. The molecule has 1 fully saturated rings. The molecule has 0 aliphatic heterocycles. The minimum absolute atomic E-state index is 0. The molecule has 8 heteroatoms. The third kappa shape index (κ3) is 7.08. The number of aromatic nitrogens is 2. The van der Waals surface area contributed by atoms with Gasteiger partial charge in [0.25, 0.3) is 0 Å². The van der Waals surface area contributed by atoms with E-state index in [2.05, 4.69) is 49.4 Å². The number of nitrogens with one attached hydrogen (secondary N) is 2. The first-order chi connectivity index (χ1) is 14.1. The van der Waals surface area contributed by atoms with E-state index >= 15 is 0 Å². The highest BCUT2D eigenvalue weighted by atomic mass is 127. The maximum absolute atomic E-state index is 12.2. The number of hydrogen-bond donors (Lipinski definition) is 2. The second-order valence-electron chi connectivity index (χ2n) is 7.65. The zero-order chi connectivity index (χ0) is 20.6. The second-order valence-corrected chi connectivity index (χ2v) is 9.65. The molecule has 1 aromatic heterocycles. The number of guanidine groups is 1. The molecule has 30 heavy (non-hydrogen) atoms. The smallest absolute Gasteiger partial charge is 0.191 e. The molecule has 2 N–H and O–H groups in total. The summed E-state index contributed by atoms with van der Waals surface area (Å²) in [5, 5.41) is 7.28. The molecule has 0 amide bonds. The van der Waals surface area contributed by atoms with Crippen molar-refractivity contribution in [2.45, 2.75) is 63.9 Å². The van der Waals surface area contributed by atoms with E-state index in [0.717, 1.165) is 49.8 Å². The molecule has 1 heterocycles. The Kier molecular flexibility index (Phi) is 10.3. The molecule has 3 unspecified atom stereocenters. The summed E-state index contributed by atoms with van der Waals surface area (Å²) in [5.74, 6) is 2.58. The van der Waals surface area contributed by atoms with Gasteiger partial charge in [-0.2, -0.15) is 0 Å². The lowest BCUT2D eigenvalue weighted by Gasteiger charge is -2.30. The minimum Gasteiger partial charge on any atom is -0.354 e. The number of benzene rings is 1. The van der Waals surface area contributed by atoms with E-state index < -0.39 is 10.8 Å². The molecule has 6 nitrogen and oxygen atoms in total. The van der Waals surface area contributed by atoms with E-state index in [1.807, 2.05) is 26.2 Å². The Morgan fingerprint density at radius 3 is 2.83 bits per heavy atom. The van der Waals surface area contributed by atoms with E-state index in [0.29, 0.717) is 17.8 Å². The van der Waals surface area contributed by atoms with Gasteiger partial charge in [-0.15, -0.1) is 24.0 Å². The summed E-state index contributed by atoms with van der Waals surface area (Å²) in [6.45, 7) is 5.57. The van der Waals surface area contributed by atoms with Crippen LogP contribution < -0.4 is 10.6 Å². The Bertz CT molecular complexity index is 854. The van der Waals surface area contributed by atoms with Crippen LogP contribution in [0.2, 0.25) is 0 Å². The van der Waals surface area contributed by atoms with Gasteiger partial charge in [0.15, 0.2) is 5.96 Å². The summed E-state index contributed by atoms with van der Waals surface area (Å²) in [5.41, 5.74) is 2.47. The van der Waals surface area contributed by atoms with Crippen molar-refractivity contribution in [1.82, 2.24) is 20.2 Å². The van der Waals surface area contributed by atoms with Crippen molar-refractivity contribution in [3.63, 3.8) is 0 Å². The first kappa shape index (κ1) is 24.8. The normalized spacial score (nSPS) is 20.3. The maximum Gasteiger partial charge on any atom is 0.191 e. The Morgan fingerprint density at radius 2 is 2.13 bits per heavy atom. The fourth-order valence-corrected chi connectivity index (χ4v) is 5.28. The molecular formula is C22H34IN5OS. The molecular weight excluding hydrogens is 509 g/mol. The van der Waals surface area contributed by atoms with Gasteiger partial charge in [0.05, 0.1) is 0 Å². The third-order valence-corrected chi connectivity index (χ3v) is 7.32. The van der Waals surface area contributed by atoms with Crippen molar-refractivity contribution in [3.05, 3.63) is 53.6 Å². The van der Waals surface area contributed by atoms with Gasteiger partial charge in [-0.1, -0.05) is 37.6 Å². The number of nitrogens with zero attached hydrogens (tertiary/aromatic N) is 3. The lowest BCUT2D eigenvalue weighted by atomic mass is 9.95. The molecule has 1 aliphatic rings. The van der Waals surface area contributed by atoms with Crippen LogP contribution in [0.1, 0.15) is 49.6 Å². The molecule has 2 aromatic rings. The van der Waals surface area contributed by atoms with Crippen LogP contribution in [0.5, 0.6) is 0 Å². The lowest BCUT2D eigenvalue weighted by molar-refractivity contribution is 0.413. The van der Waals surface area contributed by atoms with Crippen LogP contribution >= 0.6 is 24.0 Å². The first-order valence-electron chi connectivity index (χ1n) is 10.5. The predicted octanol–water partition coefficient (Wildman–Crippen LogP) is 3.60. The largest absolute Gasteiger partial charge is 0.354 e. The zero-order valence-corrected chi connectivity index (χ0v) is 21.3. The van der Waals surface area contributed by atoms with Crippen LogP contribution in [0.3, 0.4) is 0 Å². The SMILES string of the molecule is CCS(=O)C1CCCC(NC(=NC)NCc2cccc(Cn3ccnc3C)c2)C1.I. The Morgan fingerprint density at radius 1 is 1.33 bits per heavy atom. The monoisotopic (exact) mass is 543 g/mol. The van der Waals surface area contributed by atoms with Crippen molar-refractivity contribution < 1.29 is 4.21 Å². The number of rotatable bonds is 7. The quantitative estimate of drug-likeness (QED) is 0.318. The molecule has 3 rings (SSSR count). The average Bonchev–Trinajstić information content (AvgIpc) is 3.15. The van der Waals surface area contributed by atoms with Gasteiger partial charge in [-0.25, -0.2) is 4.98 Å². The van der Waals surface area contributed by atoms with E-state index in [4.69, 9.17) is 0 Å². The summed E-state index contributed by atoms with van der Waals surface area (Å²) >= 11 is 0. The van der Waals surface area contributed by atoms with Crippen molar-refractivity contribution >= 4 is 40.7 Å². The highest BCUT2D eigenvalue weighted by Gasteiger charge is 2.26. The van der Waals surface area contributed by atoms with Crippen LogP contribution in [-0.4, -0.2) is 43.8 Å². The molecule has 1 aliphatic carbocycles. The molecule has 0 radical (unpaired) electrons. The average molecular weight is 544 g/mol. The number of aliphatic imine (C=N–C) groups is 1. The van der Waals surface area contributed by atoms with E-state index in [-0.39, 0.29) is 24.0 Å². The van der Waals surface area contributed by atoms with Crippen molar-refractivity contribution in [3.8, 4) is 0 Å². The maximum atomic E-state index is 12.2. The van der Waals surface area contributed by atoms with Crippen LogP contribution in [-0.2, 0) is 23.9 Å². The standard InChI is InChI=1S/C22H33N5OS.HI/c1-4-29(28)21-10-6-9-20(14-21)26-22(23-3)25-15-18-7-5-8-19(13-18)16-27-12-11-24-17(27)2;/h5,7-8,11-13,20-21H,4,6,9-10,14-16H2,1-3H3,(H2,23,25,26);1H.